The van der Waals surface area contributed by atoms with Gasteiger partial charge in [-0.15, -0.1) is 0 Å². The molecule has 0 bridgehead atoms. The van der Waals surface area contributed by atoms with Crippen LogP contribution in [0, 0.1) is 5.41 Å². The second-order valence-corrected chi connectivity index (χ2v) is 7.24. The summed E-state index contributed by atoms with van der Waals surface area (Å²) in [6, 6.07) is 0. The van der Waals surface area contributed by atoms with E-state index in [2.05, 4.69) is 19.9 Å². The van der Waals surface area contributed by atoms with Gasteiger partial charge in [-0.3, -0.25) is 4.79 Å². The van der Waals surface area contributed by atoms with Crippen LogP contribution in [0.4, 0.5) is 0 Å². The molecular formula is C19H34O2. The van der Waals surface area contributed by atoms with E-state index >= 15 is 0 Å². The summed E-state index contributed by atoms with van der Waals surface area (Å²) in [6.07, 6.45) is 16.0. The topological polar surface area (TPSA) is 37.3 Å². The zero-order valence-corrected chi connectivity index (χ0v) is 14.1. The summed E-state index contributed by atoms with van der Waals surface area (Å²) in [5.41, 5.74) is 1.31. The van der Waals surface area contributed by atoms with E-state index in [9.17, 15) is 4.79 Å². The first-order valence-corrected chi connectivity index (χ1v) is 8.91. The van der Waals surface area contributed by atoms with Crippen LogP contribution in [0.5, 0.6) is 0 Å². The van der Waals surface area contributed by atoms with Gasteiger partial charge in [0.1, 0.15) is 0 Å². The standard InChI is InChI=1S/C19H34O2/c1-19(2)14-13-18(21)17(16-19)12-10-8-6-4-3-5-7-9-11-15-20/h16,20H,3-15H2,1-2H3. The fourth-order valence-corrected chi connectivity index (χ4v) is 3.10. The highest BCUT2D eigenvalue weighted by molar-refractivity contribution is 5.96. The number of Topliss-reactive ketones (excluding diaryl/α,β-unsaturated/α-hetero) is 1. The number of ketones is 1. The Kier molecular flexibility index (Phi) is 8.91. The molecule has 1 aliphatic carbocycles. The summed E-state index contributed by atoms with van der Waals surface area (Å²) < 4.78 is 0. The van der Waals surface area contributed by atoms with Crippen LogP contribution in [0.25, 0.3) is 0 Å². The van der Waals surface area contributed by atoms with Crippen LogP contribution in [-0.2, 0) is 4.79 Å². The Labute approximate surface area is 131 Å². The van der Waals surface area contributed by atoms with Gasteiger partial charge in [-0.25, -0.2) is 0 Å². The van der Waals surface area contributed by atoms with Crippen molar-refractivity contribution in [1.82, 2.24) is 0 Å². The van der Waals surface area contributed by atoms with Crippen molar-refractivity contribution in [3.05, 3.63) is 11.6 Å². The maximum atomic E-state index is 11.9. The highest BCUT2D eigenvalue weighted by Crippen LogP contribution is 2.33. The van der Waals surface area contributed by atoms with Gasteiger partial charge in [0.15, 0.2) is 5.78 Å². The summed E-state index contributed by atoms with van der Waals surface area (Å²) in [7, 11) is 0. The van der Waals surface area contributed by atoms with Gasteiger partial charge >= 0.3 is 0 Å². The molecule has 0 fully saturated rings. The van der Waals surface area contributed by atoms with Crippen molar-refractivity contribution in [2.45, 2.75) is 90.9 Å². The van der Waals surface area contributed by atoms with Crippen LogP contribution < -0.4 is 0 Å². The highest BCUT2D eigenvalue weighted by Gasteiger charge is 2.25. The van der Waals surface area contributed by atoms with Gasteiger partial charge in [-0.2, -0.15) is 0 Å². The fourth-order valence-electron chi connectivity index (χ4n) is 3.10. The highest BCUT2D eigenvalue weighted by atomic mass is 16.2. The number of rotatable bonds is 11. The molecule has 0 amide bonds. The quantitative estimate of drug-likeness (QED) is 0.532. The maximum Gasteiger partial charge on any atom is 0.158 e. The zero-order valence-electron chi connectivity index (χ0n) is 14.1. The SMILES string of the molecule is CC1(C)C=C(CCCCCCCCCCCO)C(=O)CC1. The van der Waals surface area contributed by atoms with Gasteiger partial charge in [0.05, 0.1) is 0 Å². The van der Waals surface area contributed by atoms with E-state index in [0.29, 0.717) is 12.4 Å². The number of aliphatic hydroxyl groups is 1. The van der Waals surface area contributed by atoms with E-state index in [1.54, 1.807) is 0 Å². The zero-order chi connectivity index (χ0) is 15.6. The summed E-state index contributed by atoms with van der Waals surface area (Å²) in [5.74, 6) is 0.387. The van der Waals surface area contributed by atoms with E-state index in [1.165, 1.54) is 44.9 Å². The lowest BCUT2D eigenvalue weighted by atomic mass is 9.78. The second kappa shape index (κ2) is 10.2. The molecule has 122 valence electrons. The minimum atomic E-state index is 0.220. The van der Waals surface area contributed by atoms with Gasteiger partial charge in [0, 0.05) is 13.0 Å². The molecule has 0 heterocycles. The lowest BCUT2D eigenvalue weighted by molar-refractivity contribution is -0.116. The number of unbranched alkanes of at least 4 members (excludes halogenated alkanes) is 8. The Morgan fingerprint density at radius 1 is 0.952 bits per heavy atom. The molecule has 0 atom stereocenters. The fraction of sp³-hybridized carbons (Fsp3) is 0.842. The summed E-state index contributed by atoms with van der Waals surface area (Å²) in [4.78, 5) is 11.9. The molecule has 2 nitrogen and oxygen atoms in total. The molecule has 0 radical (unpaired) electrons. The monoisotopic (exact) mass is 294 g/mol. The molecule has 2 heteroatoms. The van der Waals surface area contributed by atoms with Crippen LogP contribution in [0.15, 0.2) is 11.6 Å². The van der Waals surface area contributed by atoms with Crippen LogP contribution in [0.1, 0.15) is 90.9 Å². The smallest absolute Gasteiger partial charge is 0.158 e. The molecule has 0 aromatic carbocycles. The van der Waals surface area contributed by atoms with Crippen molar-refractivity contribution in [3.63, 3.8) is 0 Å². The number of carbonyl (C=O) groups is 1. The molecule has 1 aliphatic rings. The van der Waals surface area contributed by atoms with Gasteiger partial charge in [-0.05, 0) is 36.7 Å². The summed E-state index contributed by atoms with van der Waals surface area (Å²) in [6.45, 7) is 4.80. The van der Waals surface area contributed by atoms with Gasteiger partial charge in [0.25, 0.3) is 0 Å². The normalized spacial score (nSPS) is 17.9. The Morgan fingerprint density at radius 2 is 1.48 bits per heavy atom. The molecule has 0 saturated carbocycles. The molecule has 0 spiro atoms. The summed E-state index contributed by atoms with van der Waals surface area (Å²) >= 11 is 0. The van der Waals surface area contributed by atoms with Crippen LogP contribution in [0.2, 0.25) is 0 Å². The lowest BCUT2D eigenvalue weighted by Crippen LogP contribution is -2.19. The van der Waals surface area contributed by atoms with Crippen molar-refractivity contribution in [2.75, 3.05) is 6.61 Å². The molecule has 0 aromatic rings. The van der Waals surface area contributed by atoms with Crippen molar-refractivity contribution in [2.24, 2.45) is 5.41 Å². The third-order valence-corrected chi connectivity index (χ3v) is 4.52. The van der Waals surface area contributed by atoms with E-state index in [4.69, 9.17) is 5.11 Å². The molecule has 0 unspecified atom stereocenters. The second-order valence-electron chi connectivity index (χ2n) is 7.24. The van der Waals surface area contributed by atoms with Crippen LogP contribution in [0.3, 0.4) is 0 Å². The Balaban J connectivity index is 2.01. The molecule has 1 rings (SSSR count). The predicted octanol–water partition coefficient (Wildman–Crippen LogP) is 5.20. The molecule has 0 aromatic heterocycles. The minimum absolute atomic E-state index is 0.220. The van der Waals surface area contributed by atoms with Crippen molar-refractivity contribution >= 4 is 5.78 Å². The molecule has 21 heavy (non-hydrogen) atoms. The van der Waals surface area contributed by atoms with Gasteiger partial charge < -0.3 is 5.11 Å². The molecular weight excluding hydrogens is 260 g/mol. The lowest BCUT2D eigenvalue weighted by Gasteiger charge is -2.26. The Morgan fingerprint density at radius 3 is 2.05 bits per heavy atom. The van der Waals surface area contributed by atoms with Crippen molar-refractivity contribution < 1.29 is 9.90 Å². The largest absolute Gasteiger partial charge is 0.396 e. The van der Waals surface area contributed by atoms with Gasteiger partial charge in [-0.1, -0.05) is 64.9 Å². The molecule has 0 aliphatic heterocycles. The van der Waals surface area contributed by atoms with Crippen molar-refractivity contribution in [1.29, 1.82) is 0 Å². The molecule has 0 saturated heterocycles. The predicted molar refractivity (Wildman–Crippen MR) is 89.4 cm³/mol. The number of carbonyl (C=O) groups excluding carboxylic acids is 1. The van der Waals surface area contributed by atoms with E-state index in [0.717, 1.165) is 37.7 Å². The first kappa shape index (κ1) is 18.4. The first-order valence-electron chi connectivity index (χ1n) is 8.91. The number of allylic oxidation sites excluding steroid dienone is 2. The summed E-state index contributed by atoms with van der Waals surface area (Å²) in [5, 5.41) is 8.70. The first-order chi connectivity index (χ1) is 10.0. The Hall–Kier alpha value is -0.630. The van der Waals surface area contributed by atoms with E-state index < -0.39 is 0 Å². The average molecular weight is 294 g/mol. The third-order valence-electron chi connectivity index (χ3n) is 4.52. The van der Waals surface area contributed by atoms with E-state index in [-0.39, 0.29) is 5.41 Å². The molecule has 1 N–H and O–H groups in total. The average Bonchev–Trinajstić information content (AvgIpc) is 2.44. The Bertz CT molecular complexity index is 328. The van der Waals surface area contributed by atoms with Crippen molar-refractivity contribution in [3.8, 4) is 0 Å². The number of hydrogen-bond donors (Lipinski definition) is 1. The maximum absolute atomic E-state index is 11.9. The number of hydrogen-bond acceptors (Lipinski definition) is 2. The third kappa shape index (κ3) is 8.40. The number of aliphatic hydroxyl groups excluding tert-OH is 1. The van der Waals surface area contributed by atoms with Crippen LogP contribution in [-0.4, -0.2) is 17.5 Å². The van der Waals surface area contributed by atoms with Gasteiger partial charge in [0.2, 0.25) is 0 Å². The van der Waals surface area contributed by atoms with E-state index in [1.807, 2.05) is 0 Å². The minimum Gasteiger partial charge on any atom is -0.396 e. The van der Waals surface area contributed by atoms with Crippen LogP contribution >= 0.6 is 0 Å².